The summed E-state index contributed by atoms with van der Waals surface area (Å²) in [5.41, 5.74) is 5.12. The molecule has 18 heavy (non-hydrogen) atoms. The normalized spacial score (nSPS) is 24.6. The van der Waals surface area contributed by atoms with Crippen LogP contribution in [0.3, 0.4) is 0 Å². The van der Waals surface area contributed by atoms with Crippen LogP contribution in [-0.4, -0.2) is 12.0 Å². The Bertz CT molecular complexity index is 650. The number of halogens is 1. The van der Waals surface area contributed by atoms with Gasteiger partial charge in [0.2, 0.25) is 0 Å². The Balaban J connectivity index is 2.10. The van der Waals surface area contributed by atoms with E-state index in [1.165, 1.54) is 36.2 Å². The van der Waals surface area contributed by atoms with Gasteiger partial charge in [0.25, 0.3) is 0 Å². The highest BCUT2D eigenvalue weighted by molar-refractivity contribution is 6.31. The van der Waals surface area contributed by atoms with Crippen LogP contribution in [0, 0.1) is 0 Å². The summed E-state index contributed by atoms with van der Waals surface area (Å²) in [6, 6.07) is 5.99. The van der Waals surface area contributed by atoms with E-state index in [0.717, 1.165) is 15.9 Å². The molecule has 4 rings (SSSR count). The number of hydrogen-bond donors (Lipinski definition) is 1. The van der Waals surface area contributed by atoms with Gasteiger partial charge in [-0.3, -0.25) is 4.98 Å². The molecule has 2 aliphatic rings. The number of nitrogens with one attached hydrogen (secondary N) is 1. The summed E-state index contributed by atoms with van der Waals surface area (Å²) < 4.78 is 0. The van der Waals surface area contributed by atoms with Gasteiger partial charge < -0.3 is 5.32 Å². The zero-order valence-corrected chi connectivity index (χ0v) is 11.1. The van der Waals surface area contributed by atoms with E-state index in [-0.39, 0.29) is 0 Å². The summed E-state index contributed by atoms with van der Waals surface area (Å²) in [4.78, 5) is 4.89. The van der Waals surface area contributed by atoms with Gasteiger partial charge in [-0.1, -0.05) is 11.6 Å². The van der Waals surface area contributed by atoms with Crippen molar-refractivity contribution in [2.75, 3.05) is 12.4 Å². The quantitative estimate of drug-likeness (QED) is 0.825. The second kappa shape index (κ2) is 3.61. The van der Waals surface area contributed by atoms with Crippen molar-refractivity contribution < 1.29 is 0 Å². The van der Waals surface area contributed by atoms with Crippen molar-refractivity contribution in [1.29, 1.82) is 0 Å². The van der Waals surface area contributed by atoms with Gasteiger partial charge in [-0.2, -0.15) is 0 Å². The second-order valence-corrected chi connectivity index (χ2v) is 5.84. The van der Waals surface area contributed by atoms with Crippen LogP contribution in [0.25, 0.3) is 10.9 Å². The van der Waals surface area contributed by atoms with Gasteiger partial charge in [0.05, 0.1) is 5.52 Å². The summed E-state index contributed by atoms with van der Waals surface area (Å²) in [5.74, 6) is 1.40. The van der Waals surface area contributed by atoms with Crippen LogP contribution in [0.5, 0.6) is 0 Å². The third-order valence-corrected chi connectivity index (χ3v) is 4.73. The molecular weight excluding hydrogens is 244 g/mol. The third-order valence-electron chi connectivity index (χ3n) is 4.49. The van der Waals surface area contributed by atoms with Crippen molar-refractivity contribution in [3.8, 4) is 0 Å². The highest BCUT2D eigenvalue weighted by Crippen LogP contribution is 2.55. The lowest BCUT2D eigenvalue weighted by atomic mass is 9.92. The standard InChI is InChI=1S/C15H15ClN2/c1-17-15-11-7-10(16)4-5-12(11)18-14-9-3-2-8(6-9)13(14)15/h4-5,7-9H,2-3,6H2,1H3,(H,17,18). The molecule has 1 saturated carbocycles. The largest absolute Gasteiger partial charge is 0.387 e. The van der Waals surface area contributed by atoms with Gasteiger partial charge in [-0.15, -0.1) is 0 Å². The Morgan fingerprint density at radius 3 is 2.94 bits per heavy atom. The van der Waals surface area contributed by atoms with Crippen molar-refractivity contribution in [2.24, 2.45) is 0 Å². The fourth-order valence-corrected chi connectivity index (χ4v) is 3.93. The van der Waals surface area contributed by atoms with Gasteiger partial charge >= 0.3 is 0 Å². The highest BCUT2D eigenvalue weighted by Gasteiger charge is 2.40. The summed E-state index contributed by atoms with van der Waals surface area (Å²) in [5, 5.41) is 5.33. The number of fused-ring (bicyclic) bond motifs is 6. The number of pyridine rings is 1. The molecular formula is C15H15ClN2. The van der Waals surface area contributed by atoms with Crippen LogP contribution in [0.4, 0.5) is 5.69 Å². The fourth-order valence-electron chi connectivity index (χ4n) is 3.76. The molecule has 3 heteroatoms. The maximum atomic E-state index is 6.12. The Hall–Kier alpha value is -1.28. The molecule has 1 N–H and O–H groups in total. The predicted molar refractivity (Wildman–Crippen MR) is 75.6 cm³/mol. The molecule has 1 heterocycles. The summed E-state index contributed by atoms with van der Waals surface area (Å²) in [6.45, 7) is 0. The maximum Gasteiger partial charge on any atom is 0.0727 e. The molecule has 1 fully saturated rings. The lowest BCUT2D eigenvalue weighted by Gasteiger charge is -2.20. The number of rotatable bonds is 1. The first kappa shape index (κ1) is 10.6. The van der Waals surface area contributed by atoms with Crippen molar-refractivity contribution in [3.63, 3.8) is 0 Å². The van der Waals surface area contributed by atoms with Crippen molar-refractivity contribution in [2.45, 2.75) is 31.1 Å². The van der Waals surface area contributed by atoms with Gasteiger partial charge in [-0.25, -0.2) is 0 Å². The molecule has 2 aromatic rings. The van der Waals surface area contributed by atoms with E-state index in [0.29, 0.717) is 11.8 Å². The Morgan fingerprint density at radius 1 is 1.28 bits per heavy atom. The first-order chi connectivity index (χ1) is 8.78. The van der Waals surface area contributed by atoms with Crippen LogP contribution >= 0.6 is 11.6 Å². The lowest BCUT2D eigenvalue weighted by molar-refractivity contribution is 0.702. The number of aromatic nitrogens is 1. The van der Waals surface area contributed by atoms with Crippen LogP contribution in [-0.2, 0) is 0 Å². The first-order valence-corrected chi connectivity index (χ1v) is 6.96. The lowest BCUT2D eigenvalue weighted by Crippen LogP contribution is -2.06. The van der Waals surface area contributed by atoms with E-state index >= 15 is 0 Å². The van der Waals surface area contributed by atoms with Crippen molar-refractivity contribution in [1.82, 2.24) is 4.98 Å². The molecule has 2 unspecified atom stereocenters. The molecule has 92 valence electrons. The average Bonchev–Trinajstić information content (AvgIpc) is 2.97. The molecule has 0 saturated heterocycles. The number of anilines is 1. The molecule has 1 aromatic carbocycles. The number of nitrogens with zero attached hydrogens (tertiary/aromatic N) is 1. The number of benzene rings is 1. The van der Waals surface area contributed by atoms with Gasteiger partial charge in [-0.05, 0) is 43.4 Å². The minimum absolute atomic E-state index is 0.692. The molecule has 2 nitrogen and oxygen atoms in total. The topological polar surface area (TPSA) is 24.9 Å². The molecule has 0 aliphatic heterocycles. The third kappa shape index (κ3) is 1.27. The van der Waals surface area contributed by atoms with E-state index in [1.54, 1.807) is 0 Å². The second-order valence-electron chi connectivity index (χ2n) is 5.40. The van der Waals surface area contributed by atoms with E-state index in [4.69, 9.17) is 16.6 Å². The monoisotopic (exact) mass is 258 g/mol. The predicted octanol–water partition coefficient (Wildman–Crippen LogP) is 4.29. The minimum atomic E-state index is 0.692. The maximum absolute atomic E-state index is 6.12. The van der Waals surface area contributed by atoms with Crippen LogP contribution in [0.15, 0.2) is 18.2 Å². The molecule has 0 amide bonds. The van der Waals surface area contributed by atoms with Crippen molar-refractivity contribution >= 4 is 28.2 Å². The average molecular weight is 259 g/mol. The Labute approximate surface area is 111 Å². The summed E-state index contributed by atoms with van der Waals surface area (Å²) >= 11 is 6.12. The van der Waals surface area contributed by atoms with Gasteiger partial charge in [0.15, 0.2) is 0 Å². The smallest absolute Gasteiger partial charge is 0.0727 e. The fraction of sp³-hybridized carbons (Fsp3) is 0.400. The van der Waals surface area contributed by atoms with E-state index in [1.807, 2.05) is 25.2 Å². The van der Waals surface area contributed by atoms with Crippen LogP contribution in [0.2, 0.25) is 5.02 Å². The van der Waals surface area contributed by atoms with E-state index in [9.17, 15) is 0 Å². The number of hydrogen-bond acceptors (Lipinski definition) is 2. The molecule has 2 atom stereocenters. The van der Waals surface area contributed by atoms with Crippen LogP contribution in [0.1, 0.15) is 42.4 Å². The van der Waals surface area contributed by atoms with Gasteiger partial charge in [0.1, 0.15) is 0 Å². The molecule has 0 spiro atoms. The minimum Gasteiger partial charge on any atom is -0.387 e. The molecule has 0 radical (unpaired) electrons. The summed E-state index contributed by atoms with van der Waals surface area (Å²) in [6.07, 6.45) is 3.92. The van der Waals surface area contributed by atoms with Crippen LogP contribution < -0.4 is 5.32 Å². The van der Waals surface area contributed by atoms with E-state index < -0.39 is 0 Å². The highest BCUT2D eigenvalue weighted by atomic mass is 35.5. The zero-order valence-electron chi connectivity index (χ0n) is 10.3. The SMILES string of the molecule is CNc1c2c(nc3ccc(Cl)cc13)C1CCC2C1. The molecule has 2 aliphatic carbocycles. The Kier molecular flexibility index (Phi) is 2.13. The van der Waals surface area contributed by atoms with E-state index in [2.05, 4.69) is 5.32 Å². The first-order valence-electron chi connectivity index (χ1n) is 6.58. The Morgan fingerprint density at radius 2 is 2.11 bits per heavy atom. The molecule has 1 aromatic heterocycles. The van der Waals surface area contributed by atoms with Crippen molar-refractivity contribution in [3.05, 3.63) is 34.5 Å². The van der Waals surface area contributed by atoms with Gasteiger partial charge in [0, 0.05) is 40.3 Å². The zero-order chi connectivity index (χ0) is 12.3. The summed E-state index contributed by atoms with van der Waals surface area (Å²) in [7, 11) is 2.00. The molecule has 2 bridgehead atoms.